The van der Waals surface area contributed by atoms with Gasteiger partial charge in [0.1, 0.15) is 23.1 Å². The number of benzene rings is 2. The summed E-state index contributed by atoms with van der Waals surface area (Å²) in [5, 5.41) is 0.857. The first-order valence-corrected chi connectivity index (χ1v) is 12.0. The fraction of sp³-hybridized carbons (Fsp3) is 0.407. The van der Waals surface area contributed by atoms with E-state index in [0.717, 1.165) is 35.2 Å². The number of aromatic nitrogens is 1. The van der Waals surface area contributed by atoms with Gasteiger partial charge in [-0.3, -0.25) is 4.79 Å². The van der Waals surface area contributed by atoms with Crippen LogP contribution in [0.15, 0.2) is 42.5 Å². The minimum absolute atomic E-state index is 0.0335. The van der Waals surface area contributed by atoms with Crippen molar-refractivity contribution in [3.63, 3.8) is 0 Å². The van der Waals surface area contributed by atoms with Crippen molar-refractivity contribution in [3.05, 3.63) is 59.4 Å². The number of pyridine rings is 1. The van der Waals surface area contributed by atoms with Gasteiger partial charge in [0.25, 0.3) is 0 Å². The molecule has 2 aromatic carbocycles. The van der Waals surface area contributed by atoms with Crippen LogP contribution in [0.1, 0.15) is 24.0 Å². The van der Waals surface area contributed by atoms with E-state index in [-0.39, 0.29) is 24.2 Å². The molecule has 1 aliphatic heterocycles. The van der Waals surface area contributed by atoms with Crippen LogP contribution in [0.25, 0.3) is 10.9 Å². The summed E-state index contributed by atoms with van der Waals surface area (Å²) in [6.45, 7) is 3.09. The Morgan fingerprint density at radius 2 is 1.89 bits per heavy atom. The standard InChI is InChI=1S/C27H30FN3O4/c1-33-23-7-8-25(34-2)19(14-23)15-26(32)31(22-5-6-22)17-20-13-18-3-4-21(28)16-24(18)29-27(20)30-9-11-35-12-10-30/h3-4,7-8,13-14,16,22H,5-6,9-12,15,17H2,1-2H3. The average molecular weight is 480 g/mol. The first-order chi connectivity index (χ1) is 17.1. The summed E-state index contributed by atoms with van der Waals surface area (Å²) < 4.78 is 30.3. The van der Waals surface area contributed by atoms with Gasteiger partial charge in [0.15, 0.2) is 0 Å². The maximum atomic E-state index is 13.9. The lowest BCUT2D eigenvalue weighted by Gasteiger charge is -2.31. The number of methoxy groups -OCH3 is 2. The van der Waals surface area contributed by atoms with Crippen LogP contribution in [-0.2, 0) is 22.5 Å². The zero-order chi connectivity index (χ0) is 24.4. The molecule has 0 spiro atoms. The summed E-state index contributed by atoms with van der Waals surface area (Å²) in [7, 11) is 3.21. The van der Waals surface area contributed by atoms with Gasteiger partial charge in [0.05, 0.1) is 39.4 Å². The predicted molar refractivity (Wildman–Crippen MR) is 132 cm³/mol. The number of morpholine rings is 1. The van der Waals surface area contributed by atoms with E-state index in [1.54, 1.807) is 20.3 Å². The van der Waals surface area contributed by atoms with Gasteiger partial charge >= 0.3 is 0 Å². The van der Waals surface area contributed by atoms with E-state index < -0.39 is 0 Å². The van der Waals surface area contributed by atoms with Crippen molar-refractivity contribution in [2.75, 3.05) is 45.4 Å². The Bertz CT molecular complexity index is 1220. The molecular formula is C27H30FN3O4. The molecular weight excluding hydrogens is 449 g/mol. The first kappa shape index (κ1) is 23.4. The van der Waals surface area contributed by atoms with E-state index in [1.165, 1.54) is 12.1 Å². The van der Waals surface area contributed by atoms with Crippen molar-refractivity contribution in [2.24, 2.45) is 0 Å². The molecule has 0 bridgehead atoms. The van der Waals surface area contributed by atoms with E-state index in [2.05, 4.69) is 4.90 Å². The third-order valence-corrected chi connectivity index (χ3v) is 6.62. The van der Waals surface area contributed by atoms with Crippen molar-refractivity contribution < 1.29 is 23.4 Å². The van der Waals surface area contributed by atoms with Crippen molar-refractivity contribution in [1.82, 2.24) is 9.88 Å². The molecule has 7 nitrogen and oxygen atoms in total. The number of amides is 1. The molecule has 1 saturated heterocycles. The Morgan fingerprint density at radius 1 is 1.09 bits per heavy atom. The van der Waals surface area contributed by atoms with Crippen LogP contribution < -0.4 is 14.4 Å². The van der Waals surface area contributed by atoms with Crippen molar-refractivity contribution in [1.29, 1.82) is 0 Å². The van der Waals surface area contributed by atoms with E-state index in [1.807, 2.05) is 29.2 Å². The average Bonchev–Trinajstić information content (AvgIpc) is 3.72. The van der Waals surface area contributed by atoms with Gasteiger partial charge in [-0.15, -0.1) is 0 Å². The summed E-state index contributed by atoms with van der Waals surface area (Å²) in [5.41, 5.74) is 2.37. The number of rotatable bonds is 8. The normalized spacial score (nSPS) is 15.8. The molecule has 0 N–H and O–H groups in total. The summed E-state index contributed by atoms with van der Waals surface area (Å²) in [5.74, 6) is 1.87. The molecule has 3 aromatic rings. The Morgan fingerprint density at radius 3 is 2.60 bits per heavy atom. The second kappa shape index (κ2) is 10.1. The molecule has 1 saturated carbocycles. The molecule has 35 heavy (non-hydrogen) atoms. The minimum Gasteiger partial charge on any atom is -0.497 e. The number of ether oxygens (including phenoxy) is 3. The fourth-order valence-electron chi connectivity index (χ4n) is 4.61. The number of carbonyl (C=O) groups excluding carboxylic acids is 1. The van der Waals surface area contributed by atoms with Crippen molar-refractivity contribution in [3.8, 4) is 11.5 Å². The third-order valence-electron chi connectivity index (χ3n) is 6.62. The highest BCUT2D eigenvalue weighted by atomic mass is 19.1. The van der Waals surface area contributed by atoms with Gasteiger partial charge < -0.3 is 24.0 Å². The molecule has 0 unspecified atom stereocenters. The number of hydrogen-bond donors (Lipinski definition) is 0. The number of hydrogen-bond acceptors (Lipinski definition) is 6. The largest absolute Gasteiger partial charge is 0.497 e. The Kier molecular flexibility index (Phi) is 6.72. The van der Waals surface area contributed by atoms with Crippen LogP contribution in [-0.4, -0.2) is 62.4 Å². The SMILES string of the molecule is COc1ccc(OC)c(CC(=O)N(Cc2cc3ccc(F)cc3nc2N2CCOCC2)C2CC2)c1. The lowest BCUT2D eigenvalue weighted by Crippen LogP contribution is -2.39. The van der Waals surface area contributed by atoms with Gasteiger partial charge in [-0.25, -0.2) is 9.37 Å². The van der Waals surface area contributed by atoms with E-state index in [0.29, 0.717) is 49.9 Å². The first-order valence-electron chi connectivity index (χ1n) is 12.0. The molecule has 1 aromatic heterocycles. The second-order valence-electron chi connectivity index (χ2n) is 9.01. The summed E-state index contributed by atoms with van der Waals surface area (Å²) in [4.78, 5) is 22.6. The quantitative estimate of drug-likeness (QED) is 0.487. The number of anilines is 1. The van der Waals surface area contributed by atoms with E-state index >= 15 is 0 Å². The molecule has 1 amide bonds. The predicted octanol–water partition coefficient (Wildman–Crippen LogP) is 3.96. The van der Waals surface area contributed by atoms with Gasteiger partial charge in [-0.1, -0.05) is 0 Å². The highest BCUT2D eigenvalue weighted by molar-refractivity contribution is 5.83. The minimum atomic E-state index is -0.312. The Balaban J connectivity index is 1.47. The number of halogens is 1. The summed E-state index contributed by atoms with van der Waals surface area (Å²) >= 11 is 0. The highest BCUT2D eigenvalue weighted by Gasteiger charge is 2.34. The van der Waals surface area contributed by atoms with Crippen LogP contribution >= 0.6 is 0 Å². The maximum Gasteiger partial charge on any atom is 0.227 e. The summed E-state index contributed by atoms with van der Waals surface area (Å²) in [6, 6.07) is 12.4. The van der Waals surface area contributed by atoms with Gasteiger partial charge in [-0.05, 0) is 49.2 Å². The molecule has 2 fully saturated rings. The lowest BCUT2D eigenvalue weighted by atomic mass is 10.1. The van der Waals surface area contributed by atoms with Crippen LogP contribution in [0.4, 0.5) is 10.2 Å². The number of carbonyl (C=O) groups is 1. The van der Waals surface area contributed by atoms with Crippen LogP contribution in [0.5, 0.6) is 11.5 Å². The van der Waals surface area contributed by atoms with Crippen LogP contribution in [0.3, 0.4) is 0 Å². The zero-order valence-corrected chi connectivity index (χ0v) is 20.1. The molecule has 2 heterocycles. The molecule has 8 heteroatoms. The fourth-order valence-corrected chi connectivity index (χ4v) is 4.61. The Labute approximate surface area is 204 Å². The van der Waals surface area contributed by atoms with Crippen LogP contribution in [0, 0.1) is 5.82 Å². The maximum absolute atomic E-state index is 13.9. The second-order valence-corrected chi connectivity index (χ2v) is 9.01. The molecule has 1 aliphatic carbocycles. The smallest absolute Gasteiger partial charge is 0.227 e. The monoisotopic (exact) mass is 479 g/mol. The zero-order valence-electron chi connectivity index (χ0n) is 20.1. The number of nitrogens with zero attached hydrogens (tertiary/aromatic N) is 3. The van der Waals surface area contributed by atoms with Gasteiger partial charge in [0.2, 0.25) is 5.91 Å². The third kappa shape index (κ3) is 5.17. The summed E-state index contributed by atoms with van der Waals surface area (Å²) in [6.07, 6.45) is 2.19. The molecule has 0 atom stereocenters. The van der Waals surface area contributed by atoms with E-state index in [9.17, 15) is 9.18 Å². The molecule has 184 valence electrons. The molecule has 2 aliphatic rings. The lowest BCUT2D eigenvalue weighted by molar-refractivity contribution is -0.131. The number of fused-ring (bicyclic) bond motifs is 1. The van der Waals surface area contributed by atoms with Crippen LogP contribution in [0.2, 0.25) is 0 Å². The Hall–Kier alpha value is -3.39. The highest BCUT2D eigenvalue weighted by Crippen LogP contribution is 2.33. The van der Waals surface area contributed by atoms with Gasteiger partial charge in [0, 0.05) is 48.3 Å². The molecule has 0 radical (unpaired) electrons. The van der Waals surface area contributed by atoms with Crippen molar-refractivity contribution >= 4 is 22.6 Å². The molecule has 5 rings (SSSR count). The van der Waals surface area contributed by atoms with E-state index in [4.69, 9.17) is 19.2 Å². The van der Waals surface area contributed by atoms with Gasteiger partial charge in [-0.2, -0.15) is 0 Å². The topological polar surface area (TPSA) is 64.1 Å². The van der Waals surface area contributed by atoms with Crippen molar-refractivity contribution in [2.45, 2.75) is 31.8 Å².